The van der Waals surface area contributed by atoms with Gasteiger partial charge < -0.3 is 5.32 Å². The predicted molar refractivity (Wildman–Crippen MR) is 65.6 cm³/mol. The molecule has 0 aliphatic heterocycles. The molecule has 0 aliphatic carbocycles. The molecule has 1 aromatic carbocycles. The van der Waals surface area contributed by atoms with Gasteiger partial charge in [0.25, 0.3) is 0 Å². The molecule has 0 saturated carbocycles. The minimum Gasteiger partial charge on any atom is -0.318 e. The van der Waals surface area contributed by atoms with Gasteiger partial charge in [0.2, 0.25) is 10.0 Å². The minimum atomic E-state index is -3.56. The van der Waals surface area contributed by atoms with Gasteiger partial charge in [0, 0.05) is 18.1 Å². The van der Waals surface area contributed by atoms with Crippen LogP contribution in [0.3, 0.4) is 0 Å². The van der Waals surface area contributed by atoms with E-state index in [1.165, 1.54) is 18.2 Å². The van der Waals surface area contributed by atoms with Crippen molar-refractivity contribution >= 4 is 33.2 Å². The summed E-state index contributed by atoms with van der Waals surface area (Å²) in [5.41, 5.74) is 0. The molecule has 90 valence electrons. The Morgan fingerprint density at radius 1 is 1.25 bits per heavy atom. The maximum atomic E-state index is 11.8. The van der Waals surface area contributed by atoms with Crippen LogP contribution >= 0.6 is 23.2 Å². The second-order valence-electron chi connectivity index (χ2n) is 3.08. The van der Waals surface area contributed by atoms with Crippen LogP contribution in [-0.4, -0.2) is 28.6 Å². The molecule has 0 radical (unpaired) electrons. The van der Waals surface area contributed by atoms with Crippen molar-refractivity contribution < 1.29 is 8.42 Å². The van der Waals surface area contributed by atoms with E-state index in [1.807, 2.05) is 0 Å². The van der Waals surface area contributed by atoms with E-state index in [2.05, 4.69) is 10.0 Å². The summed E-state index contributed by atoms with van der Waals surface area (Å²) in [5.74, 6) is 0. The van der Waals surface area contributed by atoms with Gasteiger partial charge in [0.15, 0.2) is 0 Å². The number of hydrogen-bond donors (Lipinski definition) is 2. The number of likely N-dealkylation sites (N-methyl/N-ethyl adjacent to an activating group) is 1. The molecule has 0 aliphatic rings. The molecule has 4 nitrogen and oxygen atoms in total. The fourth-order valence-electron chi connectivity index (χ4n) is 1.08. The Hall–Kier alpha value is -0.330. The Bertz CT molecular complexity index is 463. The second kappa shape index (κ2) is 5.84. The van der Waals surface area contributed by atoms with E-state index in [0.717, 1.165) is 0 Å². The maximum Gasteiger partial charge on any atom is 0.242 e. The Labute approximate surface area is 105 Å². The molecule has 7 heteroatoms. The standard InChI is InChI=1S/C9H12Cl2N2O2S/c1-12-4-5-13-16(14,15)9-3-2-7(10)6-8(9)11/h2-3,6,12-13H,4-5H2,1H3. The van der Waals surface area contributed by atoms with Crippen LogP contribution in [0.2, 0.25) is 10.0 Å². The van der Waals surface area contributed by atoms with E-state index < -0.39 is 10.0 Å². The molecular weight excluding hydrogens is 271 g/mol. The molecule has 0 saturated heterocycles. The minimum absolute atomic E-state index is 0.0367. The molecule has 2 N–H and O–H groups in total. The second-order valence-corrected chi connectivity index (χ2v) is 5.66. The van der Waals surface area contributed by atoms with Crippen LogP contribution in [-0.2, 0) is 10.0 Å². The van der Waals surface area contributed by atoms with Gasteiger partial charge in [-0.15, -0.1) is 0 Å². The Morgan fingerprint density at radius 3 is 2.50 bits per heavy atom. The first-order valence-corrected chi connectivity index (χ1v) is 6.80. The number of halogens is 2. The molecule has 1 aromatic rings. The Kier molecular flexibility index (Phi) is 5.01. The van der Waals surface area contributed by atoms with Crippen molar-refractivity contribution in [3.8, 4) is 0 Å². The third kappa shape index (κ3) is 3.61. The van der Waals surface area contributed by atoms with Gasteiger partial charge in [0.05, 0.1) is 5.02 Å². The van der Waals surface area contributed by atoms with Crippen LogP contribution in [0.5, 0.6) is 0 Å². The SMILES string of the molecule is CNCCNS(=O)(=O)c1ccc(Cl)cc1Cl. The van der Waals surface area contributed by atoms with E-state index in [4.69, 9.17) is 23.2 Å². The first-order chi connectivity index (χ1) is 7.47. The largest absolute Gasteiger partial charge is 0.318 e. The summed E-state index contributed by atoms with van der Waals surface area (Å²) in [6.07, 6.45) is 0. The lowest BCUT2D eigenvalue weighted by Gasteiger charge is -2.08. The number of benzene rings is 1. The lowest BCUT2D eigenvalue weighted by molar-refractivity contribution is 0.579. The zero-order valence-corrected chi connectivity index (χ0v) is 11.0. The maximum absolute atomic E-state index is 11.8. The average Bonchev–Trinajstić information content (AvgIpc) is 2.17. The van der Waals surface area contributed by atoms with E-state index in [9.17, 15) is 8.42 Å². The van der Waals surface area contributed by atoms with Crippen molar-refractivity contribution in [3.05, 3.63) is 28.2 Å². The smallest absolute Gasteiger partial charge is 0.242 e. The topological polar surface area (TPSA) is 58.2 Å². The fraction of sp³-hybridized carbons (Fsp3) is 0.333. The van der Waals surface area contributed by atoms with E-state index in [1.54, 1.807) is 7.05 Å². The average molecular weight is 283 g/mol. The quantitative estimate of drug-likeness (QED) is 0.805. The van der Waals surface area contributed by atoms with Gasteiger partial charge in [0.1, 0.15) is 4.90 Å². The van der Waals surface area contributed by atoms with Crippen LogP contribution in [0.15, 0.2) is 23.1 Å². The summed E-state index contributed by atoms with van der Waals surface area (Å²) in [7, 11) is -1.82. The molecule has 0 amide bonds. The zero-order valence-electron chi connectivity index (χ0n) is 8.63. The number of rotatable bonds is 5. The number of nitrogens with one attached hydrogen (secondary N) is 2. The van der Waals surface area contributed by atoms with Crippen molar-refractivity contribution in [1.82, 2.24) is 10.0 Å². The third-order valence-corrected chi connectivity index (χ3v) is 4.03. The third-order valence-electron chi connectivity index (χ3n) is 1.85. The van der Waals surface area contributed by atoms with Crippen LogP contribution in [0.4, 0.5) is 0 Å². The van der Waals surface area contributed by atoms with E-state index >= 15 is 0 Å². The molecule has 0 spiro atoms. The molecule has 0 unspecified atom stereocenters. The molecular formula is C9H12Cl2N2O2S. The summed E-state index contributed by atoms with van der Waals surface area (Å²) >= 11 is 11.5. The summed E-state index contributed by atoms with van der Waals surface area (Å²) in [6, 6.07) is 4.27. The highest BCUT2D eigenvalue weighted by Crippen LogP contribution is 2.24. The molecule has 0 aromatic heterocycles. The summed E-state index contributed by atoms with van der Waals surface area (Å²) in [5, 5.41) is 3.35. The van der Waals surface area contributed by atoms with Crippen LogP contribution in [0, 0.1) is 0 Å². The fourth-order valence-corrected chi connectivity index (χ4v) is 2.88. The van der Waals surface area contributed by atoms with Gasteiger partial charge in [-0.25, -0.2) is 13.1 Å². The van der Waals surface area contributed by atoms with Gasteiger partial charge in [-0.2, -0.15) is 0 Å². The van der Waals surface area contributed by atoms with Gasteiger partial charge in [-0.05, 0) is 25.2 Å². The van der Waals surface area contributed by atoms with Gasteiger partial charge >= 0.3 is 0 Å². The van der Waals surface area contributed by atoms with Crippen molar-refractivity contribution in [1.29, 1.82) is 0 Å². The van der Waals surface area contributed by atoms with Crippen molar-refractivity contribution in [2.75, 3.05) is 20.1 Å². The van der Waals surface area contributed by atoms with Crippen molar-refractivity contribution in [2.24, 2.45) is 0 Å². The van der Waals surface area contributed by atoms with Crippen LogP contribution in [0.1, 0.15) is 0 Å². The number of hydrogen-bond acceptors (Lipinski definition) is 3. The Morgan fingerprint density at radius 2 is 1.94 bits per heavy atom. The van der Waals surface area contributed by atoms with Crippen LogP contribution < -0.4 is 10.0 Å². The van der Waals surface area contributed by atoms with Crippen molar-refractivity contribution in [2.45, 2.75) is 4.90 Å². The molecule has 0 atom stereocenters. The Balaban J connectivity index is 2.90. The molecule has 0 bridgehead atoms. The lowest BCUT2D eigenvalue weighted by atomic mass is 10.4. The lowest BCUT2D eigenvalue weighted by Crippen LogP contribution is -2.30. The van der Waals surface area contributed by atoms with E-state index in [-0.39, 0.29) is 9.92 Å². The molecule has 0 fully saturated rings. The molecule has 0 heterocycles. The predicted octanol–water partition coefficient (Wildman–Crippen LogP) is 1.49. The number of sulfonamides is 1. The van der Waals surface area contributed by atoms with Gasteiger partial charge in [-0.1, -0.05) is 23.2 Å². The summed E-state index contributed by atoms with van der Waals surface area (Å²) < 4.78 is 26.0. The normalized spacial score (nSPS) is 11.7. The highest BCUT2D eigenvalue weighted by atomic mass is 35.5. The van der Waals surface area contributed by atoms with Crippen molar-refractivity contribution in [3.63, 3.8) is 0 Å². The molecule has 16 heavy (non-hydrogen) atoms. The molecule has 1 rings (SSSR count). The summed E-state index contributed by atoms with van der Waals surface area (Å²) in [4.78, 5) is 0.0367. The first kappa shape index (κ1) is 13.7. The van der Waals surface area contributed by atoms with Crippen LogP contribution in [0.25, 0.3) is 0 Å². The highest BCUT2D eigenvalue weighted by Gasteiger charge is 2.16. The first-order valence-electron chi connectivity index (χ1n) is 4.56. The van der Waals surface area contributed by atoms with Gasteiger partial charge in [-0.3, -0.25) is 0 Å². The van der Waals surface area contributed by atoms with E-state index in [0.29, 0.717) is 18.1 Å². The zero-order chi connectivity index (χ0) is 12.2. The monoisotopic (exact) mass is 282 g/mol. The highest BCUT2D eigenvalue weighted by molar-refractivity contribution is 7.89. The summed E-state index contributed by atoms with van der Waals surface area (Å²) in [6.45, 7) is 0.849.